The van der Waals surface area contributed by atoms with Crippen LogP contribution in [-0.4, -0.2) is 29.3 Å². The van der Waals surface area contributed by atoms with Gasteiger partial charge in [0.25, 0.3) is 0 Å². The van der Waals surface area contributed by atoms with Crippen LogP contribution in [-0.2, 0) is 0 Å². The van der Waals surface area contributed by atoms with Gasteiger partial charge in [0.05, 0.1) is 5.52 Å². The first-order chi connectivity index (χ1) is 13.9. The van der Waals surface area contributed by atoms with E-state index < -0.39 is 6.16 Å². The third kappa shape index (κ3) is 3.87. The van der Waals surface area contributed by atoms with Crippen molar-refractivity contribution in [3.05, 3.63) is 53.1 Å². The molecule has 3 aromatic rings. The minimum atomic E-state index is -1.35. The number of benzene rings is 2. The van der Waals surface area contributed by atoms with Gasteiger partial charge >= 0.3 is 6.16 Å². The van der Waals surface area contributed by atoms with E-state index in [1.165, 1.54) is 5.56 Å². The van der Waals surface area contributed by atoms with Crippen LogP contribution in [0.4, 0.5) is 10.6 Å². The van der Waals surface area contributed by atoms with Gasteiger partial charge in [0.1, 0.15) is 0 Å². The molecule has 0 bridgehead atoms. The summed E-state index contributed by atoms with van der Waals surface area (Å²) in [6.45, 7) is 5.91. The van der Waals surface area contributed by atoms with Gasteiger partial charge in [-0.3, -0.25) is 0 Å². The van der Waals surface area contributed by atoms with E-state index >= 15 is 0 Å². The van der Waals surface area contributed by atoms with Crippen molar-refractivity contribution in [2.24, 2.45) is 0 Å². The third-order valence-electron chi connectivity index (χ3n) is 5.32. The fourth-order valence-corrected chi connectivity index (χ4v) is 4.04. The monoisotopic (exact) mass is 410 g/mol. The van der Waals surface area contributed by atoms with Gasteiger partial charge in [-0.25, -0.2) is 9.78 Å². The van der Waals surface area contributed by atoms with Crippen LogP contribution >= 0.6 is 11.6 Å². The molecule has 0 spiro atoms. The average molecular weight is 411 g/mol. The summed E-state index contributed by atoms with van der Waals surface area (Å²) in [5, 5.41) is 10.8. The van der Waals surface area contributed by atoms with Gasteiger partial charge < -0.3 is 14.7 Å². The van der Waals surface area contributed by atoms with Crippen LogP contribution in [0.5, 0.6) is 5.75 Å². The molecule has 1 aliphatic rings. The number of ether oxygens (including phenoxy) is 1. The molecule has 150 valence electrons. The zero-order valence-electron chi connectivity index (χ0n) is 16.5. The van der Waals surface area contributed by atoms with E-state index in [4.69, 9.17) is 21.3 Å². The normalized spacial score (nSPS) is 14.0. The van der Waals surface area contributed by atoms with Crippen LogP contribution in [0.1, 0.15) is 38.2 Å². The van der Waals surface area contributed by atoms with Gasteiger partial charge in [-0.2, -0.15) is 0 Å². The maximum Gasteiger partial charge on any atom is 0.511 e. The third-order valence-corrected chi connectivity index (χ3v) is 5.56. The van der Waals surface area contributed by atoms with Crippen LogP contribution in [0.3, 0.4) is 0 Å². The van der Waals surface area contributed by atoms with Gasteiger partial charge in [0.2, 0.25) is 0 Å². The summed E-state index contributed by atoms with van der Waals surface area (Å²) in [7, 11) is 0. The molecule has 0 unspecified atom stereocenters. The van der Waals surface area contributed by atoms with Crippen LogP contribution in [0.15, 0.2) is 42.5 Å². The molecule has 2 heterocycles. The summed E-state index contributed by atoms with van der Waals surface area (Å²) < 4.78 is 5.36. The first-order valence-electron chi connectivity index (χ1n) is 9.83. The van der Waals surface area contributed by atoms with E-state index in [0.717, 1.165) is 42.4 Å². The van der Waals surface area contributed by atoms with Crippen LogP contribution in [0.25, 0.3) is 22.0 Å². The minimum Gasteiger partial charge on any atom is -0.449 e. The molecule has 0 aliphatic carbocycles. The zero-order chi connectivity index (χ0) is 20.5. The number of nitrogens with zero attached hydrogens (tertiary/aromatic N) is 2. The molecule has 1 N–H and O–H groups in total. The Morgan fingerprint density at radius 2 is 1.93 bits per heavy atom. The highest BCUT2D eigenvalue weighted by atomic mass is 35.5. The smallest absolute Gasteiger partial charge is 0.449 e. The molecule has 29 heavy (non-hydrogen) atoms. The fourth-order valence-electron chi connectivity index (χ4n) is 3.87. The molecule has 2 aromatic carbocycles. The molecular formula is C23H23ClN2O3. The van der Waals surface area contributed by atoms with Gasteiger partial charge in [0, 0.05) is 29.1 Å². The van der Waals surface area contributed by atoms with Gasteiger partial charge in [-0.15, -0.1) is 0 Å². The Morgan fingerprint density at radius 3 is 2.62 bits per heavy atom. The van der Waals surface area contributed by atoms with E-state index in [0.29, 0.717) is 22.3 Å². The Balaban J connectivity index is 2.06. The lowest BCUT2D eigenvalue weighted by atomic mass is 9.94. The number of hydrogen-bond donors (Lipinski definition) is 1. The molecule has 1 saturated heterocycles. The highest BCUT2D eigenvalue weighted by molar-refractivity contribution is 6.31. The number of pyridine rings is 1. The highest BCUT2D eigenvalue weighted by Crippen LogP contribution is 2.44. The number of halogens is 1. The van der Waals surface area contributed by atoms with E-state index in [2.05, 4.69) is 30.9 Å². The van der Waals surface area contributed by atoms with E-state index in [1.807, 2.05) is 24.3 Å². The number of carbonyl (C=O) groups is 1. The summed E-state index contributed by atoms with van der Waals surface area (Å²) in [5.74, 6) is 1.19. The standard InChI is InChI=1S/C23H23ClN2O3/c1-14(2)15-6-5-7-16(12-15)20-18-13-17(24)8-9-19(18)25-22(21(20)29-23(27)28)26-10-3-4-11-26/h5-9,12-14H,3-4,10-11H2,1-2H3,(H,27,28). The number of rotatable bonds is 4. The maximum absolute atomic E-state index is 11.6. The molecule has 0 radical (unpaired) electrons. The van der Waals surface area contributed by atoms with Crippen molar-refractivity contribution >= 4 is 34.5 Å². The average Bonchev–Trinajstić information content (AvgIpc) is 3.21. The number of carboxylic acid groups (broad SMARTS) is 1. The van der Waals surface area contributed by atoms with Crippen molar-refractivity contribution in [2.75, 3.05) is 18.0 Å². The van der Waals surface area contributed by atoms with Crippen molar-refractivity contribution in [1.29, 1.82) is 0 Å². The second-order valence-corrected chi connectivity index (χ2v) is 8.08. The number of anilines is 1. The van der Waals surface area contributed by atoms with Gasteiger partial charge in [0.15, 0.2) is 11.6 Å². The minimum absolute atomic E-state index is 0.273. The van der Waals surface area contributed by atoms with E-state index in [1.54, 1.807) is 6.07 Å². The molecule has 4 rings (SSSR count). The molecule has 1 aromatic heterocycles. The Labute approximate surface area is 174 Å². The van der Waals surface area contributed by atoms with Crippen molar-refractivity contribution in [3.8, 4) is 16.9 Å². The Hall–Kier alpha value is -2.79. The van der Waals surface area contributed by atoms with Crippen LogP contribution in [0.2, 0.25) is 5.02 Å². The maximum atomic E-state index is 11.6. The molecule has 1 aliphatic heterocycles. The first-order valence-corrected chi connectivity index (χ1v) is 10.2. The molecule has 0 atom stereocenters. The molecular weight excluding hydrogens is 388 g/mol. The van der Waals surface area contributed by atoms with Gasteiger partial charge in [-0.1, -0.05) is 49.7 Å². The van der Waals surface area contributed by atoms with E-state index in [-0.39, 0.29) is 5.75 Å². The summed E-state index contributed by atoms with van der Waals surface area (Å²) in [5.41, 5.74) is 3.53. The quantitative estimate of drug-likeness (QED) is 0.509. The largest absolute Gasteiger partial charge is 0.511 e. The lowest BCUT2D eigenvalue weighted by Crippen LogP contribution is -2.21. The zero-order valence-corrected chi connectivity index (χ0v) is 17.2. The van der Waals surface area contributed by atoms with Crippen LogP contribution in [0, 0.1) is 0 Å². The SMILES string of the molecule is CC(C)c1cccc(-c2c(OC(=O)O)c(N3CCCC3)nc3ccc(Cl)cc23)c1. The predicted octanol–water partition coefficient (Wildman–Crippen LogP) is 6.34. The van der Waals surface area contributed by atoms with Crippen molar-refractivity contribution in [3.63, 3.8) is 0 Å². The Morgan fingerprint density at radius 1 is 1.17 bits per heavy atom. The summed E-state index contributed by atoms with van der Waals surface area (Å²) in [6.07, 6.45) is 0.741. The Kier molecular flexibility index (Phi) is 5.33. The number of fused-ring (bicyclic) bond motifs is 1. The Bertz CT molecular complexity index is 1080. The van der Waals surface area contributed by atoms with Crippen LogP contribution < -0.4 is 9.64 Å². The van der Waals surface area contributed by atoms with Crippen molar-refractivity contribution < 1.29 is 14.6 Å². The first kappa shape index (κ1) is 19.5. The van der Waals surface area contributed by atoms with E-state index in [9.17, 15) is 9.90 Å². The number of aromatic nitrogens is 1. The lowest BCUT2D eigenvalue weighted by molar-refractivity contribution is 0.144. The highest BCUT2D eigenvalue weighted by Gasteiger charge is 2.26. The van der Waals surface area contributed by atoms with Gasteiger partial charge in [-0.05, 0) is 48.1 Å². The lowest BCUT2D eigenvalue weighted by Gasteiger charge is -2.23. The summed E-state index contributed by atoms with van der Waals surface area (Å²) in [4.78, 5) is 18.5. The van der Waals surface area contributed by atoms with Crippen molar-refractivity contribution in [2.45, 2.75) is 32.6 Å². The molecule has 0 amide bonds. The fraction of sp³-hybridized carbons (Fsp3) is 0.304. The topological polar surface area (TPSA) is 62.7 Å². The summed E-state index contributed by atoms with van der Waals surface area (Å²) in [6, 6.07) is 13.6. The molecule has 1 fully saturated rings. The second-order valence-electron chi connectivity index (χ2n) is 7.64. The molecule has 6 heteroatoms. The summed E-state index contributed by atoms with van der Waals surface area (Å²) >= 11 is 6.29. The number of hydrogen-bond acceptors (Lipinski definition) is 4. The predicted molar refractivity (Wildman–Crippen MR) is 116 cm³/mol. The van der Waals surface area contributed by atoms with Crippen molar-refractivity contribution in [1.82, 2.24) is 4.98 Å². The molecule has 5 nitrogen and oxygen atoms in total. The molecule has 0 saturated carbocycles. The second kappa shape index (κ2) is 7.91.